The molecule has 0 radical (unpaired) electrons. The van der Waals surface area contributed by atoms with E-state index in [4.69, 9.17) is 0 Å². The van der Waals surface area contributed by atoms with Gasteiger partial charge in [-0.25, -0.2) is 4.90 Å². The van der Waals surface area contributed by atoms with Crippen molar-refractivity contribution in [3.8, 4) is 11.1 Å². The zero-order valence-electron chi connectivity index (χ0n) is 22.7. The largest absolute Gasteiger partial charge is 0.269 e. The van der Waals surface area contributed by atoms with Crippen molar-refractivity contribution in [2.24, 2.45) is 0 Å². The number of carbonyl (C=O) groups is 4. The number of amides is 4. The standard InChI is InChI=1S/C32H32N2O4/c1-7-31(3,4)21-11-13-22(14-12-21)33-27(35)23-15-9-19(17-25(23)28(33)36)20-10-16-24-26(18-20)30(38)34(29(24)37)32(5,6)8-2/h9-18H,7-8H2,1-6H3. The number of benzene rings is 3. The Morgan fingerprint density at radius 2 is 1.05 bits per heavy atom. The molecule has 0 aliphatic carbocycles. The van der Waals surface area contributed by atoms with Gasteiger partial charge in [0.1, 0.15) is 0 Å². The Kier molecular flexibility index (Phi) is 5.90. The molecular weight excluding hydrogens is 476 g/mol. The average Bonchev–Trinajstić information content (AvgIpc) is 3.32. The van der Waals surface area contributed by atoms with E-state index >= 15 is 0 Å². The van der Waals surface area contributed by atoms with Crippen LogP contribution in [-0.2, 0) is 5.41 Å². The smallest absolute Gasteiger partial charge is 0.266 e. The second kappa shape index (κ2) is 8.76. The van der Waals surface area contributed by atoms with E-state index < -0.39 is 5.54 Å². The van der Waals surface area contributed by atoms with E-state index in [1.54, 1.807) is 36.4 Å². The summed E-state index contributed by atoms with van der Waals surface area (Å²) >= 11 is 0. The molecule has 3 aromatic carbocycles. The molecule has 0 unspecified atom stereocenters. The molecule has 0 saturated carbocycles. The monoisotopic (exact) mass is 508 g/mol. The molecule has 0 spiro atoms. The second-order valence-electron chi connectivity index (χ2n) is 11.4. The van der Waals surface area contributed by atoms with E-state index in [0.29, 0.717) is 45.5 Å². The van der Waals surface area contributed by atoms with Crippen LogP contribution in [0.3, 0.4) is 0 Å². The average molecular weight is 509 g/mol. The predicted octanol–water partition coefficient (Wildman–Crippen LogP) is 6.63. The van der Waals surface area contributed by atoms with E-state index in [1.807, 2.05) is 45.0 Å². The number of carbonyl (C=O) groups excluding carboxylic acids is 4. The lowest BCUT2D eigenvalue weighted by molar-refractivity contribution is 0.0474. The molecule has 6 nitrogen and oxygen atoms in total. The highest BCUT2D eigenvalue weighted by atomic mass is 16.2. The van der Waals surface area contributed by atoms with E-state index in [-0.39, 0.29) is 29.0 Å². The third-order valence-corrected chi connectivity index (χ3v) is 8.37. The molecule has 5 rings (SSSR count). The third kappa shape index (κ3) is 3.78. The van der Waals surface area contributed by atoms with E-state index in [0.717, 1.165) is 12.0 Å². The SMILES string of the molecule is CCC(C)(C)c1ccc(N2C(=O)c3ccc(-c4ccc5c(c4)C(=O)N(C(C)(C)CC)C5=O)cc3C2=O)cc1. The minimum Gasteiger partial charge on any atom is -0.269 e. The molecule has 2 aliphatic rings. The number of imide groups is 2. The molecule has 4 amide bonds. The molecule has 2 aliphatic heterocycles. The lowest BCUT2D eigenvalue weighted by Crippen LogP contribution is -2.47. The zero-order chi connectivity index (χ0) is 27.6. The normalized spacial score (nSPS) is 15.4. The van der Waals surface area contributed by atoms with Crippen molar-refractivity contribution >= 4 is 29.3 Å². The predicted molar refractivity (Wildman–Crippen MR) is 148 cm³/mol. The summed E-state index contributed by atoms with van der Waals surface area (Å²) in [6.45, 7) is 12.2. The fraction of sp³-hybridized carbons (Fsp3) is 0.312. The van der Waals surface area contributed by atoms with E-state index in [1.165, 1.54) is 9.80 Å². The van der Waals surface area contributed by atoms with Crippen molar-refractivity contribution < 1.29 is 19.2 Å². The molecule has 38 heavy (non-hydrogen) atoms. The molecular formula is C32H32N2O4. The lowest BCUT2D eigenvalue weighted by atomic mass is 9.82. The van der Waals surface area contributed by atoms with Gasteiger partial charge < -0.3 is 0 Å². The van der Waals surface area contributed by atoms with Crippen LogP contribution in [0.4, 0.5) is 5.69 Å². The number of hydrogen-bond acceptors (Lipinski definition) is 4. The highest BCUT2D eigenvalue weighted by Gasteiger charge is 2.43. The first-order chi connectivity index (χ1) is 17.9. The summed E-state index contributed by atoms with van der Waals surface area (Å²) in [5.74, 6) is -1.34. The molecule has 6 heteroatoms. The number of nitrogens with zero attached hydrogens (tertiary/aromatic N) is 2. The minimum atomic E-state index is -0.596. The first-order valence-electron chi connectivity index (χ1n) is 13.1. The first-order valence-corrected chi connectivity index (χ1v) is 13.1. The fourth-order valence-corrected chi connectivity index (χ4v) is 5.05. The number of anilines is 1. The Bertz CT molecular complexity index is 1510. The van der Waals surface area contributed by atoms with Crippen LogP contribution in [0.5, 0.6) is 0 Å². The van der Waals surface area contributed by atoms with Crippen LogP contribution in [0.2, 0.25) is 0 Å². The van der Waals surface area contributed by atoms with Crippen LogP contribution in [-0.4, -0.2) is 34.1 Å². The first kappa shape index (κ1) is 25.6. The van der Waals surface area contributed by atoms with Crippen molar-refractivity contribution in [1.82, 2.24) is 4.90 Å². The van der Waals surface area contributed by atoms with Gasteiger partial charge in [-0.1, -0.05) is 52.0 Å². The Balaban J connectivity index is 1.47. The summed E-state index contributed by atoms with van der Waals surface area (Å²) in [6, 6.07) is 17.9. The Hall–Kier alpha value is -4.06. The van der Waals surface area contributed by atoms with Crippen LogP contribution in [0, 0.1) is 0 Å². The van der Waals surface area contributed by atoms with Crippen molar-refractivity contribution in [3.63, 3.8) is 0 Å². The van der Waals surface area contributed by atoms with Gasteiger partial charge >= 0.3 is 0 Å². The van der Waals surface area contributed by atoms with Gasteiger partial charge in [0.25, 0.3) is 23.6 Å². The lowest BCUT2D eigenvalue weighted by Gasteiger charge is -2.32. The van der Waals surface area contributed by atoms with Crippen LogP contribution in [0.1, 0.15) is 101 Å². The molecule has 0 atom stereocenters. The molecule has 0 aromatic heterocycles. The summed E-state index contributed by atoms with van der Waals surface area (Å²) in [4.78, 5) is 55.3. The topological polar surface area (TPSA) is 74.8 Å². The van der Waals surface area contributed by atoms with Crippen LogP contribution >= 0.6 is 0 Å². The highest BCUT2D eigenvalue weighted by molar-refractivity contribution is 6.34. The summed E-state index contributed by atoms with van der Waals surface area (Å²) in [7, 11) is 0. The fourth-order valence-electron chi connectivity index (χ4n) is 5.05. The molecule has 3 aromatic rings. The van der Waals surface area contributed by atoms with Gasteiger partial charge in [-0.15, -0.1) is 0 Å². The number of rotatable bonds is 6. The van der Waals surface area contributed by atoms with Crippen molar-refractivity contribution in [2.45, 2.75) is 65.3 Å². The summed E-state index contributed by atoms with van der Waals surface area (Å²) in [5, 5.41) is 0. The van der Waals surface area contributed by atoms with Crippen LogP contribution in [0.25, 0.3) is 11.1 Å². The summed E-state index contributed by atoms with van der Waals surface area (Å²) in [6.07, 6.45) is 1.61. The van der Waals surface area contributed by atoms with Gasteiger partial charge in [-0.05, 0) is 85.2 Å². The van der Waals surface area contributed by atoms with Gasteiger partial charge in [-0.3, -0.25) is 24.1 Å². The van der Waals surface area contributed by atoms with Gasteiger partial charge in [0, 0.05) is 5.54 Å². The van der Waals surface area contributed by atoms with Gasteiger partial charge in [-0.2, -0.15) is 0 Å². The van der Waals surface area contributed by atoms with E-state index in [9.17, 15) is 19.2 Å². The maximum absolute atomic E-state index is 13.4. The summed E-state index contributed by atoms with van der Waals surface area (Å²) < 4.78 is 0. The van der Waals surface area contributed by atoms with Crippen molar-refractivity contribution in [2.75, 3.05) is 4.90 Å². The van der Waals surface area contributed by atoms with Crippen LogP contribution < -0.4 is 4.90 Å². The highest BCUT2D eigenvalue weighted by Crippen LogP contribution is 2.36. The van der Waals surface area contributed by atoms with Gasteiger partial charge in [0.05, 0.1) is 27.9 Å². The van der Waals surface area contributed by atoms with Crippen LogP contribution in [0.15, 0.2) is 60.7 Å². The van der Waals surface area contributed by atoms with Gasteiger partial charge in [0.2, 0.25) is 0 Å². The molecule has 2 heterocycles. The maximum atomic E-state index is 13.4. The molecule has 194 valence electrons. The Labute approximate surface area is 223 Å². The minimum absolute atomic E-state index is 0.000596. The molecule has 0 saturated heterocycles. The quantitative estimate of drug-likeness (QED) is 0.351. The van der Waals surface area contributed by atoms with Crippen molar-refractivity contribution in [1.29, 1.82) is 0 Å². The zero-order valence-corrected chi connectivity index (χ0v) is 22.7. The molecule has 0 fully saturated rings. The second-order valence-corrected chi connectivity index (χ2v) is 11.4. The maximum Gasteiger partial charge on any atom is 0.266 e. The Morgan fingerprint density at radius 1 is 0.579 bits per heavy atom. The Morgan fingerprint density at radius 3 is 1.58 bits per heavy atom. The van der Waals surface area contributed by atoms with E-state index in [2.05, 4.69) is 20.8 Å². The molecule has 0 N–H and O–H groups in total. The molecule has 0 bridgehead atoms. The summed E-state index contributed by atoms with van der Waals surface area (Å²) in [5.41, 5.74) is 3.89. The third-order valence-electron chi connectivity index (χ3n) is 8.37. The van der Waals surface area contributed by atoms with Gasteiger partial charge in [0.15, 0.2) is 0 Å². The number of hydrogen-bond donors (Lipinski definition) is 0. The van der Waals surface area contributed by atoms with Crippen molar-refractivity contribution in [3.05, 3.63) is 88.5 Å². The number of fused-ring (bicyclic) bond motifs is 2.